The van der Waals surface area contributed by atoms with E-state index in [0.29, 0.717) is 5.69 Å². The molecule has 0 unspecified atom stereocenters. The maximum atomic E-state index is 13.3. The number of benzene rings is 1. The predicted octanol–water partition coefficient (Wildman–Crippen LogP) is 2.12. The molecule has 0 radical (unpaired) electrons. The molecule has 0 heterocycles. The van der Waals surface area contributed by atoms with Crippen LogP contribution in [0.2, 0.25) is 0 Å². The number of anilines is 1. The van der Waals surface area contributed by atoms with Crippen LogP contribution in [-0.2, 0) is 0 Å². The van der Waals surface area contributed by atoms with E-state index in [-0.39, 0.29) is 24.9 Å². The molecule has 3 N–H and O–H groups in total. The van der Waals surface area contributed by atoms with Gasteiger partial charge in [0.1, 0.15) is 18.2 Å². The number of rotatable bonds is 6. The number of hydrogen-bond donors (Lipinski definition) is 3. The van der Waals surface area contributed by atoms with Gasteiger partial charge in [-0.2, -0.15) is 0 Å². The summed E-state index contributed by atoms with van der Waals surface area (Å²) in [6.45, 7) is 1.62. The third kappa shape index (κ3) is 3.89. The number of hydrogen-bond acceptors (Lipinski definition) is 3. The topological polar surface area (TPSA) is 70.6 Å². The first-order valence-electron chi connectivity index (χ1n) is 7.04. The second-order valence-electron chi connectivity index (χ2n) is 5.56. The molecule has 1 saturated carbocycles. The summed E-state index contributed by atoms with van der Waals surface area (Å²) >= 11 is 0. The number of urea groups is 1. The van der Waals surface area contributed by atoms with Crippen molar-refractivity contribution >= 4 is 11.7 Å². The quantitative estimate of drug-likeness (QED) is 0.705. The van der Waals surface area contributed by atoms with E-state index in [2.05, 4.69) is 16.6 Å². The molecular formula is C16H19FN2O3. The van der Waals surface area contributed by atoms with Gasteiger partial charge in [-0.1, -0.05) is 5.92 Å². The first-order valence-corrected chi connectivity index (χ1v) is 7.04. The lowest BCUT2D eigenvalue weighted by Crippen LogP contribution is -2.52. The molecule has 118 valence electrons. The van der Waals surface area contributed by atoms with E-state index in [4.69, 9.17) is 11.2 Å². The molecule has 1 fully saturated rings. The minimum Gasteiger partial charge on any atom is -0.479 e. The molecule has 2 rings (SSSR count). The van der Waals surface area contributed by atoms with Crippen molar-refractivity contribution < 1.29 is 19.0 Å². The molecule has 1 aromatic carbocycles. The largest absolute Gasteiger partial charge is 0.479 e. The molecule has 0 saturated heterocycles. The zero-order chi connectivity index (χ0) is 16.2. The van der Waals surface area contributed by atoms with E-state index in [1.165, 1.54) is 12.1 Å². The van der Waals surface area contributed by atoms with Crippen LogP contribution in [0.1, 0.15) is 19.8 Å². The first kappa shape index (κ1) is 16.1. The Morgan fingerprint density at radius 1 is 1.59 bits per heavy atom. The highest BCUT2D eigenvalue weighted by atomic mass is 19.1. The molecule has 0 bridgehead atoms. The van der Waals surface area contributed by atoms with Crippen LogP contribution in [0, 0.1) is 24.1 Å². The lowest BCUT2D eigenvalue weighted by atomic mass is 9.97. The maximum absolute atomic E-state index is 13.3. The van der Waals surface area contributed by atoms with Gasteiger partial charge in [0.25, 0.3) is 0 Å². The van der Waals surface area contributed by atoms with Gasteiger partial charge in [0.05, 0.1) is 17.8 Å². The normalized spacial score (nSPS) is 16.3. The van der Waals surface area contributed by atoms with Gasteiger partial charge < -0.3 is 20.5 Å². The monoisotopic (exact) mass is 306 g/mol. The molecule has 0 aromatic heterocycles. The Bertz CT molecular complexity index is 596. The van der Waals surface area contributed by atoms with Gasteiger partial charge in [0.15, 0.2) is 0 Å². The van der Waals surface area contributed by atoms with Crippen molar-refractivity contribution in [3.05, 3.63) is 24.0 Å². The van der Waals surface area contributed by atoms with Gasteiger partial charge in [-0.25, -0.2) is 9.18 Å². The van der Waals surface area contributed by atoms with E-state index in [1.54, 1.807) is 6.92 Å². The van der Waals surface area contributed by atoms with Gasteiger partial charge in [0, 0.05) is 6.07 Å². The fourth-order valence-corrected chi connectivity index (χ4v) is 2.24. The van der Waals surface area contributed by atoms with Crippen molar-refractivity contribution in [2.24, 2.45) is 5.92 Å². The minimum atomic E-state index is -0.663. The van der Waals surface area contributed by atoms with E-state index in [0.717, 1.165) is 18.9 Å². The average molecular weight is 306 g/mol. The summed E-state index contributed by atoms with van der Waals surface area (Å²) in [5, 5.41) is 14.8. The molecule has 1 aliphatic carbocycles. The number of nitrogens with one attached hydrogen (secondary N) is 2. The standard InChI is InChI=1S/C16H19FN2O3/c1-3-8-22-14-9-12(17)6-7-13(14)18-15(21)19-16(2,10-20)11-4-5-11/h1,6-7,9,11,20H,4-5,8,10H2,2H3,(H2,18,19,21)/t16-/m1/s1. The highest BCUT2D eigenvalue weighted by Crippen LogP contribution is 2.39. The molecule has 0 spiro atoms. The zero-order valence-electron chi connectivity index (χ0n) is 12.4. The molecule has 0 aliphatic heterocycles. The number of terminal acetylenes is 1. The van der Waals surface area contributed by atoms with Gasteiger partial charge in [-0.3, -0.25) is 0 Å². The fraction of sp³-hybridized carbons (Fsp3) is 0.438. The van der Waals surface area contributed by atoms with Gasteiger partial charge in [-0.15, -0.1) is 6.42 Å². The molecule has 1 aromatic rings. The maximum Gasteiger partial charge on any atom is 0.319 e. The van der Waals surface area contributed by atoms with Crippen LogP contribution in [0.25, 0.3) is 0 Å². The lowest BCUT2D eigenvalue weighted by molar-refractivity contribution is 0.159. The smallest absolute Gasteiger partial charge is 0.319 e. The van der Waals surface area contributed by atoms with Crippen molar-refractivity contribution in [3.63, 3.8) is 0 Å². The van der Waals surface area contributed by atoms with Crippen LogP contribution in [0.5, 0.6) is 5.75 Å². The third-order valence-corrected chi connectivity index (χ3v) is 3.71. The second-order valence-corrected chi connectivity index (χ2v) is 5.56. The van der Waals surface area contributed by atoms with E-state index in [1.807, 2.05) is 0 Å². The molecule has 2 amide bonds. The van der Waals surface area contributed by atoms with Crippen LogP contribution in [0.4, 0.5) is 14.9 Å². The number of carbonyl (C=O) groups is 1. The number of aliphatic hydroxyl groups excluding tert-OH is 1. The summed E-state index contributed by atoms with van der Waals surface area (Å²) in [6.07, 6.45) is 7.06. The molecule has 1 atom stereocenters. The third-order valence-electron chi connectivity index (χ3n) is 3.71. The van der Waals surface area contributed by atoms with Crippen LogP contribution in [0.3, 0.4) is 0 Å². The summed E-state index contributed by atoms with van der Waals surface area (Å²) in [5.74, 6) is 2.22. The highest BCUT2D eigenvalue weighted by Gasteiger charge is 2.42. The number of amides is 2. The molecule has 22 heavy (non-hydrogen) atoms. The van der Waals surface area contributed by atoms with E-state index >= 15 is 0 Å². The van der Waals surface area contributed by atoms with E-state index in [9.17, 15) is 14.3 Å². The van der Waals surface area contributed by atoms with Crippen molar-refractivity contribution in [1.82, 2.24) is 5.32 Å². The van der Waals surface area contributed by atoms with Crippen molar-refractivity contribution in [2.45, 2.75) is 25.3 Å². The molecule has 6 heteroatoms. The SMILES string of the molecule is C#CCOc1cc(F)ccc1NC(=O)N[C@](C)(CO)C1CC1. The molecular weight excluding hydrogens is 287 g/mol. The summed E-state index contributed by atoms with van der Waals surface area (Å²) in [4.78, 5) is 12.1. The Morgan fingerprint density at radius 3 is 2.91 bits per heavy atom. The van der Waals surface area contributed by atoms with Crippen LogP contribution >= 0.6 is 0 Å². The minimum absolute atomic E-state index is 0.0316. The van der Waals surface area contributed by atoms with E-state index < -0.39 is 17.4 Å². The summed E-state index contributed by atoms with van der Waals surface area (Å²) < 4.78 is 18.5. The summed E-state index contributed by atoms with van der Waals surface area (Å²) in [5.41, 5.74) is -0.352. The number of halogens is 1. The summed E-state index contributed by atoms with van der Waals surface area (Å²) in [7, 11) is 0. The Balaban J connectivity index is 2.06. The Morgan fingerprint density at radius 2 is 2.32 bits per heavy atom. The lowest BCUT2D eigenvalue weighted by Gasteiger charge is -2.28. The van der Waals surface area contributed by atoms with Gasteiger partial charge in [-0.05, 0) is 37.8 Å². The van der Waals surface area contributed by atoms with Gasteiger partial charge in [0.2, 0.25) is 0 Å². The average Bonchev–Trinajstić information content (AvgIpc) is 3.32. The molecule has 1 aliphatic rings. The highest BCUT2D eigenvalue weighted by molar-refractivity contribution is 5.91. The van der Waals surface area contributed by atoms with Gasteiger partial charge >= 0.3 is 6.03 Å². The number of aliphatic hydroxyl groups is 1. The number of carbonyl (C=O) groups excluding carboxylic acids is 1. The van der Waals surface area contributed by atoms with Crippen molar-refractivity contribution in [2.75, 3.05) is 18.5 Å². The summed E-state index contributed by atoms with van der Waals surface area (Å²) in [6, 6.07) is 3.28. The Labute approximate surface area is 128 Å². The van der Waals surface area contributed by atoms with Crippen LogP contribution in [0.15, 0.2) is 18.2 Å². The van der Waals surface area contributed by atoms with Crippen LogP contribution in [-0.4, -0.2) is 29.9 Å². The Kier molecular flexibility index (Phi) is 4.88. The fourth-order valence-electron chi connectivity index (χ4n) is 2.24. The Hall–Kier alpha value is -2.26. The van der Waals surface area contributed by atoms with Crippen LogP contribution < -0.4 is 15.4 Å². The second kappa shape index (κ2) is 6.67. The van der Waals surface area contributed by atoms with Crippen molar-refractivity contribution in [1.29, 1.82) is 0 Å². The predicted molar refractivity (Wildman–Crippen MR) is 81.1 cm³/mol. The molecule has 5 nitrogen and oxygen atoms in total. The zero-order valence-corrected chi connectivity index (χ0v) is 12.4. The van der Waals surface area contributed by atoms with Crippen molar-refractivity contribution in [3.8, 4) is 18.1 Å². The first-order chi connectivity index (χ1) is 10.5. The number of ether oxygens (including phenoxy) is 1.